The number of rotatable bonds is 3. The van der Waals surface area contributed by atoms with Crippen molar-refractivity contribution >= 4 is 11.4 Å². The lowest BCUT2D eigenvalue weighted by Crippen LogP contribution is -2.43. The van der Waals surface area contributed by atoms with Crippen LogP contribution < -0.4 is 10.2 Å². The van der Waals surface area contributed by atoms with Gasteiger partial charge in [0, 0.05) is 36.4 Å². The van der Waals surface area contributed by atoms with Crippen molar-refractivity contribution in [3.05, 3.63) is 33.9 Å². The molecule has 2 aliphatic heterocycles. The standard InChI is InChI=1S/C16H23N3O2/c1-12-10-14(6-7-16(12)19(20)21)18-9-3-4-13(11-18)15-5-2-8-17-15/h6-7,10,13,15,17H,2-5,8-9,11H2,1H3. The largest absolute Gasteiger partial charge is 0.371 e. The molecule has 1 aromatic rings. The molecule has 1 aromatic carbocycles. The molecule has 0 amide bonds. The van der Waals surface area contributed by atoms with Crippen LogP contribution in [0.4, 0.5) is 11.4 Å². The Bertz CT molecular complexity index is 526. The highest BCUT2D eigenvalue weighted by Gasteiger charge is 2.29. The summed E-state index contributed by atoms with van der Waals surface area (Å²) in [6, 6.07) is 6.16. The minimum Gasteiger partial charge on any atom is -0.371 e. The smallest absolute Gasteiger partial charge is 0.272 e. The van der Waals surface area contributed by atoms with Gasteiger partial charge in [-0.05, 0) is 57.2 Å². The van der Waals surface area contributed by atoms with Crippen LogP contribution in [0.15, 0.2) is 18.2 Å². The van der Waals surface area contributed by atoms with Crippen molar-refractivity contribution < 1.29 is 4.92 Å². The zero-order chi connectivity index (χ0) is 14.8. The number of nitro benzene ring substituents is 1. The maximum absolute atomic E-state index is 10.9. The van der Waals surface area contributed by atoms with Gasteiger partial charge in [0.25, 0.3) is 5.69 Å². The van der Waals surface area contributed by atoms with E-state index < -0.39 is 0 Å². The van der Waals surface area contributed by atoms with E-state index in [1.165, 1.54) is 25.7 Å². The second-order valence-electron chi connectivity index (χ2n) is 6.28. The molecule has 0 saturated carbocycles. The fraction of sp³-hybridized carbons (Fsp3) is 0.625. The predicted molar refractivity (Wildman–Crippen MR) is 83.8 cm³/mol. The topological polar surface area (TPSA) is 58.4 Å². The fourth-order valence-corrected chi connectivity index (χ4v) is 3.73. The molecule has 2 fully saturated rings. The number of benzene rings is 1. The lowest BCUT2D eigenvalue weighted by Gasteiger charge is -2.37. The van der Waals surface area contributed by atoms with Crippen LogP contribution in [0.25, 0.3) is 0 Å². The molecule has 5 nitrogen and oxygen atoms in total. The molecule has 0 radical (unpaired) electrons. The van der Waals surface area contributed by atoms with Crippen LogP contribution in [0.2, 0.25) is 0 Å². The van der Waals surface area contributed by atoms with Gasteiger partial charge in [-0.3, -0.25) is 10.1 Å². The molecule has 0 bridgehead atoms. The van der Waals surface area contributed by atoms with Gasteiger partial charge in [-0.2, -0.15) is 0 Å². The molecule has 2 heterocycles. The molecule has 114 valence electrons. The first-order valence-electron chi connectivity index (χ1n) is 7.88. The third kappa shape index (κ3) is 3.02. The third-order valence-electron chi connectivity index (χ3n) is 4.87. The second-order valence-corrected chi connectivity index (χ2v) is 6.28. The van der Waals surface area contributed by atoms with E-state index in [4.69, 9.17) is 0 Å². The Hall–Kier alpha value is -1.62. The molecule has 5 heteroatoms. The molecule has 0 spiro atoms. The minimum atomic E-state index is -0.305. The molecular formula is C16H23N3O2. The van der Waals surface area contributed by atoms with Gasteiger partial charge in [0.05, 0.1) is 4.92 Å². The Kier molecular flexibility index (Phi) is 4.10. The number of hydrogen-bond acceptors (Lipinski definition) is 4. The first-order chi connectivity index (χ1) is 10.1. The van der Waals surface area contributed by atoms with Crippen molar-refractivity contribution in [1.29, 1.82) is 0 Å². The van der Waals surface area contributed by atoms with Crippen LogP contribution in [-0.4, -0.2) is 30.6 Å². The SMILES string of the molecule is Cc1cc(N2CCCC(C3CCCN3)C2)ccc1[N+](=O)[O-]. The summed E-state index contributed by atoms with van der Waals surface area (Å²) < 4.78 is 0. The van der Waals surface area contributed by atoms with Gasteiger partial charge in [0.2, 0.25) is 0 Å². The van der Waals surface area contributed by atoms with E-state index in [-0.39, 0.29) is 10.6 Å². The van der Waals surface area contributed by atoms with E-state index in [0.29, 0.717) is 12.0 Å². The maximum Gasteiger partial charge on any atom is 0.272 e. The lowest BCUT2D eigenvalue weighted by atomic mass is 9.89. The maximum atomic E-state index is 10.9. The van der Waals surface area contributed by atoms with E-state index >= 15 is 0 Å². The van der Waals surface area contributed by atoms with Crippen LogP contribution >= 0.6 is 0 Å². The molecule has 2 aliphatic rings. The monoisotopic (exact) mass is 289 g/mol. The third-order valence-corrected chi connectivity index (χ3v) is 4.87. The molecular weight excluding hydrogens is 266 g/mol. The average molecular weight is 289 g/mol. The Morgan fingerprint density at radius 3 is 2.86 bits per heavy atom. The molecule has 1 N–H and O–H groups in total. The number of piperidine rings is 1. The van der Waals surface area contributed by atoms with Gasteiger partial charge >= 0.3 is 0 Å². The van der Waals surface area contributed by atoms with E-state index in [1.54, 1.807) is 6.07 Å². The molecule has 2 saturated heterocycles. The highest BCUT2D eigenvalue weighted by atomic mass is 16.6. The Balaban J connectivity index is 1.73. The van der Waals surface area contributed by atoms with E-state index in [9.17, 15) is 10.1 Å². The summed E-state index contributed by atoms with van der Waals surface area (Å²) in [6.45, 7) is 5.09. The van der Waals surface area contributed by atoms with Crippen LogP contribution in [0.1, 0.15) is 31.2 Å². The summed E-state index contributed by atoms with van der Waals surface area (Å²) in [5, 5.41) is 14.5. The molecule has 0 aromatic heterocycles. The highest BCUT2D eigenvalue weighted by molar-refractivity contribution is 5.55. The van der Waals surface area contributed by atoms with Gasteiger partial charge in [-0.1, -0.05) is 0 Å². The van der Waals surface area contributed by atoms with Crippen LogP contribution in [0.3, 0.4) is 0 Å². The summed E-state index contributed by atoms with van der Waals surface area (Å²) in [7, 11) is 0. The van der Waals surface area contributed by atoms with Gasteiger partial charge in [-0.25, -0.2) is 0 Å². The van der Waals surface area contributed by atoms with E-state index in [2.05, 4.69) is 10.2 Å². The summed E-state index contributed by atoms with van der Waals surface area (Å²) >= 11 is 0. The van der Waals surface area contributed by atoms with Gasteiger partial charge in [0.1, 0.15) is 0 Å². The van der Waals surface area contributed by atoms with Crippen molar-refractivity contribution in [2.24, 2.45) is 5.92 Å². The summed E-state index contributed by atoms with van der Waals surface area (Å²) in [5.41, 5.74) is 2.09. The lowest BCUT2D eigenvalue weighted by molar-refractivity contribution is -0.385. The summed E-state index contributed by atoms with van der Waals surface area (Å²) in [6.07, 6.45) is 5.08. The number of nitrogens with one attached hydrogen (secondary N) is 1. The Morgan fingerprint density at radius 1 is 1.33 bits per heavy atom. The quantitative estimate of drug-likeness (QED) is 0.686. The van der Waals surface area contributed by atoms with Crippen LogP contribution in [0, 0.1) is 23.0 Å². The number of aryl methyl sites for hydroxylation is 1. The summed E-state index contributed by atoms with van der Waals surface area (Å²) in [5.74, 6) is 0.705. The van der Waals surface area contributed by atoms with Crippen molar-refractivity contribution in [3.63, 3.8) is 0 Å². The molecule has 2 unspecified atom stereocenters. The predicted octanol–water partition coefficient (Wildman–Crippen LogP) is 2.87. The van der Waals surface area contributed by atoms with Crippen molar-refractivity contribution in [1.82, 2.24) is 5.32 Å². The molecule has 0 aliphatic carbocycles. The van der Waals surface area contributed by atoms with E-state index in [0.717, 1.165) is 30.9 Å². The van der Waals surface area contributed by atoms with Gasteiger partial charge in [-0.15, -0.1) is 0 Å². The first-order valence-corrected chi connectivity index (χ1v) is 7.88. The number of nitro groups is 1. The molecule has 2 atom stereocenters. The van der Waals surface area contributed by atoms with E-state index in [1.807, 2.05) is 19.1 Å². The van der Waals surface area contributed by atoms with Crippen LogP contribution in [-0.2, 0) is 0 Å². The first kappa shape index (κ1) is 14.3. The van der Waals surface area contributed by atoms with Crippen molar-refractivity contribution in [2.75, 3.05) is 24.5 Å². The van der Waals surface area contributed by atoms with Crippen molar-refractivity contribution in [3.8, 4) is 0 Å². The minimum absolute atomic E-state index is 0.213. The number of hydrogen-bond donors (Lipinski definition) is 1. The number of nitrogens with zero attached hydrogens (tertiary/aromatic N) is 2. The highest BCUT2D eigenvalue weighted by Crippen LogP contribution is 2.30. The molecule has 21 heavy (non-hydrogen) atoms. The fourth-order valence-electron chi connectivity index (χ4n) is 3.73. The second kappa shape index (κ2) is 6.02. The normalized spacial score (nSPS) is 26.0. The Labute approximate surface area is 125 Å². The zero-order valence-corrected chi connectivity index (χ0v) is 12.5. The summed E-state index contributed by atoms with van der Waals surface area (Å²) in [4.78, 5) is 13.0. The average Bonchev–Trinajstić information content (AvgIpc) is 3.01. The Morgan fingerprint density at radius 2 is 2.19 bits per heavy atom. The van der Waals surface area contributed by atoms with Gasteiger partial charge in [0.15, 0.2) is 0 Å². The zero-order valence-electron chi connectivity index (χ0n) is 12.5. The van der Waals surface area contributed by atoms with Gasteiger partial charge < -0.3 is 10.2 Å². The molecule has 3 rings (SSSR count). The van der Waals surface area contributed by atoms with Crippen LogP contribution in [0.5, 0.6) is 0 Å². The number of anilines is 1. The van der Waals surface area contributed by atoms with Crippen molar-refractivity contribution in [2.45, 2.75) is 38.6 Å².